The minimum atomic E-state index is -0.417. The van der Waals surface area contributed by atoms with E-state index in [2.05, 4.69) is 44.8 Å². The number of aromatic nitrogens is 2. The summed E-state index contributed by atoms with van der Waals surface area (Å²) in [5.74, 6) is 2.37. The molecule has 0 spiro atoms. The lowest BCUT2D eigenvalue weighted by Crippen LogP contribution is -2.49. The van der Waals surface area contributed by atoms with Gasteiger partial charge >= 0.3 is 0 Å². The predicted octanol–water partition coefficient (Wildman–Crippen LogP) is 3.37. The molecule has 0 aliphatic heterocycles. The topological polar surface area (TPSA) is 64.9 Å². The third kappa shape index (κ3) is 2.69. The molecule has 0 radical (unpaired) electrons. The largest absolute Gasteiger partial charge is 0.339 e. The van der Waals surface area contributed by atoms with Crippen LogP contribution in [0, 0.1) is 11.8 Å². The summed E-state index contributed by atoms with van der Waals surface area (Å²) in [6, 6.07) is 0. The van der Waals surface area contributed by atoms with E-state index in [9.17, 15) is 0 Å². The molecule has 1 saturated carbocycles. The number of nitrogens with two attached hydrogens (primary N) is 1. The van der Waals surface area contributed by atoms with E-state index in [1.807, 2.05) is 0 Å². The third-order valence-electron chi connectivity index (χ3n) is 4.31. The first kappa shape index (κ1) is 14.5. The Morgan fingerprint density at radius 2 is 2.00 bits per heavy atom. The monoisotopic (exact) mass is 265 g/mol. The van der Waals surface area contributed by atoms with Crippen LogP contribution in [0.5, 0.6) is 0 Å². The number of hydrogen-bond acceptors (Lipinski definition) is 4. The van der Waals surface area contributed by atoms with Crippen LogP contribution in [0.15, 0.2) is 4.52 Å². The fourth-order valence-corrected chi connectivity index (χ4v) is 3.15. The van der Waals surface area contributed by atoms with Crippen molar-refractivity contribution in [3.05, 3.63) is 11.7 Å². The van der Waals surface area contributed by atoms with Crippen LogP contribution in [0.2, 0.25) is 0 Å². The second-order valence-corrected chi connectivity index (χ2v) is 7.31. The standard InChI is InChI=1S/C15H27N3O/c1-10(2)11-8-6-7-9-15(11,16)12-17-13(19-18-12)14(3,4)5/h10-11H,6-9,16H2,1-5H3. The molecule has 0 bridgehead atoms. The van der Waals surface area contributed by atoms with E-state index in [1.54, 1.807) is 0 Å². The van der Waals surface area contributed by atoms with E-state index in [0.717, 1.165) is 19.3 Å². The first-order chi connectivity index (χ1) is 8.75. The molecule has 2 atom stereocenters. The van der Waals surface area contributed by atoms with E-state index < -0.39 is 5.54 Å². The van der Waals surface area contributed by atoms with E-state index >= 15 is 0 Å². The van der Waals surface area contributed by atoms with Gasteiger partial charge in [0.25, 0.3) is 0 Å². The Morgan fingerprint density at radius 3 is 2.53 bits per heavy atom. The van der Waals surface area contributed by atoms with Crippen LogP contribution in [-0.2, 0) is 11.0 Å². The zero-order valence-electron chi connectivity index (χ0n) is 12.9. The van der Waals surface area contributed by atoms with Crippen LogP contribution >= 0.6 is 0 Å². The van der Waals surface area contributed by atoms with Gasteiger partial charge in [-0.1, -0.05) is 52.6 Å². The van der Waals surface area contributed by atoms with Gasteiger partial charge in [0, 0.05) is 5.41 Å². The van der Waals surface area contributed by atoms with E-state index in [4.69, 9.17) is 10.3 Å². The molecule has 1 aromatic heterocycles. The molecule has 1 aromatic rings. The molecule has 0 saturated heterocycles. The van der Waals surface area contributed by atoms with Crippen molar-refractivity contribution in [2.45, 2.75) is 71.3 Å². The first-order valence-electron chi connectivity index (χ1n) is 7.38. The van der Waals surface area contributed by atoms with Crippen molar-refractivity contribution in [1.82, 2.24) is 10.1 Å². The highest BCUT2D eigenvalue weighted by molar-refractivity contribution is 5.11. The molecular formula is C15H27N3O. The van der Waals surface area contributed by atoms with Crippen molar-refractivity contribution < 1.29 is 4.52 Å². The van der Waals surface area contributed by atoms with Gasteiger partial charge in [0.2, 0.25) is 5.89 Å². The molecule has 0 aromatic carbocycles. The summed E-state index contributed by atoms with van der Waals surface area (Å²) in [5.41, 5.74) is 6.16. The Kier molecular flexibility index (Phi) is 3.74. The summed E-state index contributed by atoms with van der Waals surface area (Å²) >= 11 is 0. The second kappa shape index (κ2) is 4.89. The molecule has 108 valence electrons. The molecule has 2 N–H and O–H groups in total. The molecule has 2 rings (SSSR count). The van der Waals surface area contributed by atoms with Crippen LogP contribution in [0.25, 0.3) is 0 Å². The van der Waals surface area contributed by atoms with Gasteiger partial charge in [0.15, 0.2) is 5.82 Å². The first-order valence-corrected chi connectivity index (χ1v) is 7.38. The molecule has 1 aliphatic carbocycles. The summed E-state index contributed by atoms with van der Waals surface area (Å²) in [4.78, 5) is 4.61. The fourth-order valence-electron chi connectivity index (χ4n) is 3.15. The van der Waals surface area contributed by atoms with E-state index in [-0.39, 0.29) is 5.41 Å². The highest BCUT2D eigenvalue weighted by Gasteiger charge is 2.44. The average molecular weight is 265 g/mol. The molecular weight excluding hydrogens is 238 g/mol. The Morgan fingerprint density at radius 1 is 1.32 bits per heavy atom. The molecule has 19 heavy (non-hydrogen) atoms. The summed E-state index contributed by atoms with van der Waals surface area (Å²) in [7, 11) is 0. The Balaban J connectivity index is 2.34. The van der Waals surface area contributed by atoms with E-state index in [0.29, 0.717) is 23.6 Å². The van der Waals surface area contributed by atoms with Crippen LogP contribution < -0.4 is 5.73 Å². The van der Waals surface area contributed by atoms with Crippen molar-refractivity contribution in [1.29, 1.82) is 0 Å². The predicted molar refractivity (Wildman–Crippen MR) is 75.7 cm³/mol. The SMILES string of the molecule is CC(C)C1CCCCC1(N)c1noc(C(C)(C)C)n1. The lowest BCUT2D eigenvalue weighted by atomic mass is 9.68. The van der Waals surface area contributed by atoms with E-state index in [1.165, 1.54) is 6.42 Å². The van der Waals surface area contributed by atoms with Gasteiger partial charge in [0.1, 0.15) is 0 Å². The van der Waals surface area contributed by atoms with Crippen molar-refractivity contribution in [3.63, 3.8) is 0 Å². The minimum Gasteiger partial charge on any atom is -0.339 e. The van der Waals surface area contributed by atoms with Crippen LogP contribution in [-0.4, -0.2) is 10.1 Å². The maximum atomic E-state index is 6.70. The summed E-state index contributed by atoms with van der Waals surface area (Å²) in [6.07, 6.45) is 4.53. The van der Waals surface area contributed by atoms with Gasteiger partial charge in [-0.15, -0.1) is 0 Å². The van der Waals surface area contributed by atoms with Crippen molar-refractivity contribution in [2.24, 2.45) is 17.6 Å². The Hall–Kier alpha value is -0.900. The lowest BCUT2D eigenvalue weighted by Gasteiger charge is -2.41. The van der Waals surface area contributed by atoms with Crippen molar-refractivity contribution >= 4 is 0 Å². The molecule has 0 amide bonds. The summed E-state index contributed by atoms with van der Waals surface area (Å²) in [5, 5.41) is 4.20. The lowest BCUT2D eigenvalue weighted by molar-refractivity contribution is 0.129. The molecule has 2 unspecified atom stereocenters. The number of rotatable bonds is 2. The maximum absolute atomic E-state index is 6.70. The van der Waals surface area contributed by atoms with Gasteiger partial charge in [-0.25, -0.2) is 0 Å². The third-order valence-corrected chi connectivity index (χ3v) is 4.31. The zero-order chi connectivity index (χ0) is 14.3. The van der Waals surface area contributed by atoms with Crippen molar-refractivity contribution in [3.8, 4) is 0 Å². The Bertz CT molecular complexity index is 433. The zero-order valence-corrected chi connectivity index (χ0v) is 12.9. The highest BCUT2D eigenvalue weighted by atomic mass is 16.5. The van der Waals surface area contributed by atoms with Gasteiger partial charge in [-0.2, -0.15) is 4.98 Å². The van der Waals surface area contributed by atoms with Gasteiger partial charge in [-0.05, 0) is 24.7 Å². The average Bonchev–Trinajstić information content (AvgIpc) is 2.78. The number of hydrogen-bond donors (Lipinski definition) is 1. The molecule has 1 aliphatic rings. The van der Waals surface area contributed by atoms with Crippen LogP contribution in [0.1, 0.15) is 72.0 Å². The summed E-state index contributed by atoms with van der Waals surface area (Å²) < 4.78 is 5.43. The summed E-state index contributed by atoms with van der Waals surface area (Å²) in [6.45, 7) is 10.7. The van der Waals surface area contributed by atoms with Crippen LogP contribution in [0.3, 0.4) is 0 Å². The normalized spacial score (nSPS) is 28.9. The Labute approximate surface area is 116 Å². The fraction of sp³-hybridized carbons (Fsp3) is 0.867. The quantitative estimate of drug-likeness (QED) is 0.890. The second-order valence-electron chi connectivity index (χ2n) is 7.31. The van der Waals surface area contributed by atoms with Gasteiger partial charge in [0.05, 0.1) is 5.54 Å². The smallest absolute Gasteiger partial charge is 0.232 e. The molecule has 1 fully saturated rings. The minimum absolute atomic E-state index is 0.121. The van der Waals surface area contributed by atoms with Gasteiger partial charge in [-0.3, -0.25) is 0 Å². The molecule has 1 heterocycles. The van der Waals surface area contributed by atoms with Gasteiger partial charge < -0.3 is 10.3 Å². The highest BCUT2D eigenvalue weighted by Crippen LogP contribution is 2.42. The molecule has 4 heteroatoms. The van der Waals surface area contributed by atoms with Crippen molar-refractivity contribution in [2.75, 3.05) is 0 Å². The number of nitrogens with zero attached hydrogens (tertiary/aromatic N) is 2. The van der Waals surface area contributed by atoms with Crippen LogP contribution in [0.4, 0.5) is 0 Å². The maximum Gasteiger partial charge on any atom is 0.232 e. The molecule has 4 nitrogen and oxygen atoms in total.